The first-order valence-corrected chi connectivity index (χ1v) is 10.8. The minimum atomic E-state index is -3.42. The summed E-state index contributed by atoms with van der Waals surface area (Å²) < 4.78 is 7.35. The van der Waals surface area contributed by atoms with Crippen molar-refractivity contribution >= 4 is 34.5 Å². The maximum atomic E-state index is 12.6. The number of pyridine rings is 2. The number of ether oxygens (including phenoxy) is 1. The Morgan fingerprint density at radius 3 is 2.65 bits per heavy atom. The molecule has 0 saturated heterocycles. The molecule has 1 aliphatic rings. The van der Waals surface area contributed by atoms with E-state index in [0.29, 0.717) is 11.4 Å². The number of carbonyl (C=O) groups excluding carboxylic acids is 2. The molecule has 0 atom stereocenters. The lowest BCUT2D eigenvalue weighted by Crippen LogP contribution is -2.48. The first-order valence-electron chi connectivity index (χ1n) is 10.8. The highest BCUT2D eigenvalue weighted by Gasteiger charge is 2.30. The number of hydrogen-bond donors (Lipinski definition) is 6. The van der Waals surface area contributed by atoms with Gasteiger partial charge in [-0.25, -0.2) is 9.50 Å². The van der Waals surface area contributed by atoms with E-state index in [4.69, 9.17) is 4.74 Å². The summed E-state index contributed by atoms with van der Waals surface area (Å²) in [5.41, 5.74) is 2.31. The van der Waals surface area contributed by atoms with Gasteiger partial charge in [0.1, 0.15) is 11.3 Å². The molecule has 1 fully saturated rings. The normalized spacial score (nSPS) is 13.6. The first-order chi connectivity index (χ1) is 16.2. The topological polar surface area (TPSA) is 170 Å². The summed E-state index contributed by atoms with van der Waals surface area (Å²) in [7, 11) is 1.52. The van der Waals surface area contributed by atoms with Crippen molar-refractivity contribution in [2.75, 3.05) is 17.7 Å². The van der Waals surface area contributed by atoms with Crippen molar-refractivity contribution in [3.8, 4) is 5.75 Å². The molecule has 4 rings (SSSR count). The number of nitrogens with zero attached hydrogens (tertiary/aromatic N) is 3. The van der Waals surface area contributed by atoms with Crippen molar-refractivity contribution < 1.29 is 29.6 Å². The van der Waals surface area contributed by atoms with E-state index in [0.717, 1.165) is 43.0 Å². The van der Waals surface area contributed by atoms with Gasteiger partial charge in [0, 0.05) is 29.9 Å². The second-order valence-corrected chi connectivity index (χ2v) is 8.07. The zero-order valence-corrected chi connectivity index (χ0v) is 18.7. The lowest BCUT2D eigenvalue weighted by molar-refractivity contribution is -0.323. The van der Waals surface area contributed by atoms with Crippen LogP contribution in [0.15, 0.2) is 30.7 Å². The number of anilines is 3. The lowest BCUT2D eigenvalue weighted by atomic mass is 10.1. The van der Waals surface area contributed by atoms with Gasteiger partial charge in [0.15, 0.2) is 5.75 Å². The molecule has 1 saturated carbocycles. The molecule has 3 heterocycles. The van der Waals surface area contributed by atoms with E-state index in [-0.39, 0.29) is 28.9 Å². The maximum Gasteiger partial charge on any atom is 0.369 e. The number of hydrogen-bond acceptors (Lipinski definition) is 9. The van der Waals surface area contributed by atoms with E-state index < -0.39 is 12.0 Å². The van der Waals surface area contributed by atoms with Gasteiger partial charge < -0.3 is 30.7 Å². The molecule has 0 aromatic carbocycles. The van der Waals surface area contributed by atoms with Gasteiger partial charge >= 0.3 is 6.10 Å². The van der Waals surface area contributed by atoms with Crippen molar-refractivity contribution in [2.24, 2.45) is 5.92 Å². The van der Waals surface area contributed by atoms with Gasteiger partial charge in [0.05, 0.1) is 30.2 Å². The summed E-state index contributed by atoms with van der Waals surface area (Å²) in [5.74, 6) is -0.551. The van der Waals surface area contributed by atoms with Crippen LogP contribution >= 0.6 is 0 Å². The number of fused-ring (bicyclic) bond motifs is 1. The first kappa shape index (κ1) is 23.4. The van der Waals surface area contributed by atoms with Crippen molar-refractivity contribution in [3.63, 3.8) is 0 Å². The van der Waals surface area contributed by atoms with Crippen LogP contribution in [0, 0.1) is 5.92 Å². The van der Waals surface area contributed by atoms with Crippen LogP contribution in [0.3, 0.4) is 0 Å². The van der Waals surface area contributed by atoms with E-state index in [1.165, 1.54) is 13.2 Å². The van der Waals surface area contributed by atoms with Gasteiger partial charge in [-0.2, -0.15) is 5.10 Å². The Hall–Kier alpha value is -3.74. The minimum Gasteiger partial charge on any atom is -0.492 e. The third kappa shape index (κ3) is 5.09. The van der Waals surface area contributed by atoms with Gasteiger partial charge in [-0.1, -0.05) is 13.3 Å². The Kier molecular flexibility index (Phi) is 6.37. The molecule has 3 aromatic rings. The fourth-order valence-corrected chi connectivity index (χ4v) is 3.61. The summed E-state index contributed by atoms with van der Waals surface area (Å²) in [6, 6.07) is 3.14. The summed E-state index contributed by atoms with van der Waals surface area (Å²) in [4.78, 5) is 28.9. The monoisotopic (exact) mass is 470 g/mol. The standard InChI is InChI=1S/C22H26N6O6/c1-3-4-13-10-24-28-8-7-15(19(34-2)18(13)28)25-16-9-17(26-20(29)12-5-6-12)23-11-14(16)21(30)27-22(31,32)33/h7-12,31-33H,3-6H2,1-2H3,(H,27,30)(H2,23,25,26,29). The largest absolute Gasteiger partial charge is 0.492 e. The van der Waals surface area contributed by atoms with E-state index in [1.807, 2.05) is 0 Å². The van der Waals surface area contributed by atoms with Crippen LogP contribution in [-0.4, -0.2) is 54.9 Å². The number of aryl methyl sites for hydroxylation is 1. The van der Waals surface area contributed by atoms with E-state index in [1.54, 1.807) is 28.3 Å². The fraction of sp³-hybridized carbons (Fsp3) is 0.364. The molecule has 180 valence electrons. The second kappa shape index (κ2) is 9.25. The number of aromatic nitrogens is 3. The molecule has 1 aliphatic carbocycles. The average Bonchev–Trinajstić information content (AvgIpc) is 3.55. The molecule has 34 heavy (non-hydrogen) atoms. The highest BCUT2D eigenvalue weighted by atomic mass is 16.7. The number of rotatable bonds is 9. The third-order valence-corrected chi connectivity index (χ3v) is 5.34. The molecule has 0 unspecified atom stereocenters. The molecular formula is C22H26N6O6. The summed E-state index contributed by atoms with van der Waals surface area (Å²) in [6.07, 6.45) is 4.55. The van der Waals surface area contributed by atoms with Gasteiger partial charge in [-0.3, -0.25) is 14.9 Å². The number of methoxy groups -OCH3 is 1. The third-order valence-electron chi connectivity index (χ3n) is 5.34. The predicted octanol–water partition coefficient (Wildman–Crippen LogP) is 1.10. The van der Waals surface area contributed by atoms with Crippen LogP contribution in [0.5, 0.6) is 5.75 Å². The molecule has 2 amide bonds. The number of aliphatic hydroxyl groups is 3. The van der Waals surface area contributed by atoms with Crippen molar-refractivity contribution in [1.29, 1.82) is 0 Å². The van der Waals surface area contributed by atoms with Crippen LogP contribution < -0.4 is 20.7 Å². The van der Waals surface area contributed by atoms with E-state index >= 15 is 0 Å². The lowest BCUT2D eigenvalue weighted by Gasteiger charge is -2.19. The highest BCUT2D eigenvalue weighted by molar-refractivity contribution is 6.02. The Bertz CT molecular complexity index is 1230. The summed E-state index contributed by atoms with van der Waals surface area (Å²) >= 11 is 0. The zero-order chi connectivity index (χ0) is 24.5. The van der Waals surface area contributed by atoms with Gasteiger partial charge in [0.2, 0.25) is 5.91 Å². The zero-order valence-electron chi connectivity index (χ0n) is 18.7. The Labute approximate surface area is 194 Å². The van der Waals surface area contributed by atoms with Crippen LogP contribution in [0.2, 0.25) is 0 Å². The quantitative estimate of drug-likeness (QED) is 0.251. The van der Waals surface area contributed by atoms with Crippen LogP contribution in [0.1, 0.15) is 42.1 Å². The van der Waals surface area contributed by atoms with Gasteiger partial charge in [-0.15, -0.1) is 0 Å². The molecule has 12 nitrogen and oxygen atoms in total. The molecule has 0 spiro atoms. The van der Waals surface area contributed by atoms with Crippen LogP contribution in [0.4, 0.5) is 17.2 Å². The fourth-order valence-electron chi connectivity index (χ4n) is 3.61. The Morgan fingerprint density at radius 2 is 2.00 bits per heavy atom. The minimum absolute atomic E-state index is 0.0543. The van der Waals surface area contributed by atoms with E-state index in [9.17, 15) is 24.9 Å². The Morgan fingerprint density at radius 1 is 1.24 bits per heavy atom. The molecule has 0 bridgehead atoms. The highest BCUT2D eigenvalue weighted by Crippen LogP contribution is 2.36. The predicted molar refractivity (Wildman–Crippen MR) is 121 cm³/mol. The summed E-state index contributed by atoms with van der Waals surface area (Å²) in [6.45, 7) is 2.06. The molecule has 0 aliphatic heterocycles. The molecule has 12 heteroatoms. The van der Waals surface area contributed by atoms with Crippen LogP contribution in [0.25, 0.3) is 5.52 Å². The Balaban J connectivity index is 1.75. The maximum absolute atomic E-state index is 12.6. The molecular weight excluding hydrogens is 444 g/mol. The molecule has 0 radical (unpaired) electrons. The number of amides is 2. The summed E-state index contributed by atoms with van der Waals surface area (Å²) in [5, 5.41) is 39.4. The van der Waals surface area contributed by atoms with Gasteiger partial charge in [0.25, 0.3) is 5.91 Å². The average molecular weight is 470 g/mol. The second-order valence-electron chi connectivity index (χ2n) is 8.07. The van der Waals surface area contributed by atoms with Crippen molar-refractivity contribution in [2.45, 2.75) is 38.7 Å². The van der Waals surface area contributed by atoms with Crippen molar-refractivity contribution in [1.82, 2.24) is 19.9 Å². The molecule has 3 aromatic heterocycles. The van der Waals surface area contributed by atoms with Crippen LogP contribution in [-0.2, 0) is 11.2 Å². The number of nitrogens with one attached hydrogen (secondary N) is 3. The van der Waals surface area contributed by atoms with Gasteiger partial charge in [-0.05, 0) is 25.3 Å². The van der Waals surface area contributed by atoms with Crippen molar-refractivity contribution in [3.05, 3.63) is 41.9 Å². The smallest absolute Gasteiger partial charge is 0.369 e. The van der Waals surface area contributed by atoms with E-state index in [2.05, 4.69) is 27.6 Å². The SMILES string of the molecule is CCCc1cnn2ccc(Nc3cc(NC(=O)C4CC4)ncc3C(=O)NC(O)(O)O)c(OC)c12. The molecule has 6 N–H and O–H groups in total. The number of carbonyl (C=O) groups is 2.